The van der Waals surface area contributed by atoms with Crippen LogP contribution in [0.2, 0.25) is 0 Å². The zero-order valence-corrected chi connectivity index (χ0v) is 16.9. The van der Waals surface area contributed by atoms with E-state index in [2.05, 4.69) is 34.6 Å². The third kappa shape index (κ3) is 5.24. The number of nitrogens with zero attached hydrogens (tertiary/aromatic N) is 2. The number of carbonyl (C=O) groups is 1. The van der Waals surface area contributed by atoms with E-state index in [4.69, 9.17) is 9.72 Å². The predicted molar refractivity (Wildman–Crippen MR) is 111 cm³/mol. The number of ether oxygens (including phenoxy) is 2. The van der Waals surface area contributed by atoms with E-state index >= 15 is 0 Å². The van der Waals surface area contributed by atoms with Gasteiger partial charge in [0.15, 0.2) is 0 Å². The van der Waals surface area contributed by atoms with Gasteiger partial charge >= 0.3 is 5.97 Å². The first kappa shape index (κ1) is 20.2. The quantitative estimate of drug-likeness (QED) is 0.347. The first-order valence-electron chi connectivity index (χ1n) is 10.3. The van der Waals surface area contributed by atoms with E-state index in [9.17, 15) is 4.79 Å². The summed E-state index contributed by atoms with van der Waals surface area (Å²) in [5.41, 5.74) is 1.83. The molecule has 5 heteroatoms. The Labute approximate surface area is 167 Å². The molecule has 0 spiro atoms. The Balaban J connectivity index is 1.85. The Morgan fingerprint density at radius 1 is 1.21 bits per heavy atom. The van der Waals surface area contributed by atoms with E-state index in [1.54, 1.807) is 6.08 Å². The van der Waals surface area contributed by atoms with Crippen LogP contribution in [0.4, 0.5) is 0 Å². The maximum absolute atomic E-state index is 11.4. The SMILES string of the molecule is CCCCOc1ccc(-c2nc(/C=C/C(=O)OC)cn2C2CCCCC2)cc1. The van der Waals surface area contributed by atoms with Crippen LogP contribution in [0.1, 0.15) is 63.6 Å². The average molecular weight is 383 g/mol. The number of imidazole rings is 1. The highest BCUT2D eigenvalue weighted by Crippen LogP contribution is 2.33. The molecule has 0 amide bonds. The molecular formula is C23H30N2O3. The average Bonchev–Trinajstić information content (AvgIpc) is 3.17. The summed E-state index contributed by atoms with van der Waals surface area (Å²) in [4.78, 5) is 16.2. The fourth-order valence-corrected chi connectivity index (χ4v) is 3.60. The molecule has 1 fully saturated rings. The molecular weight excluding hydrogens is 352 g/mol. The zero-order chi connectivity index (χ0) is 19.8. The molecule has 0 unspecified atom stereocenters. The van der Waals surface area contributed by atoms with E-state index in [-0.39, 0.29) is 5.97 Å². The maximum Gasteiger partial charge on any atom is 0.330 e. The largest absolute Gasteiger partial charge is 0.494 e. The van der Waals surface area contributed by atoms with Crippen molar-refractivity contribution in [1.82, 2.24) is 9.55 Å². The standard InChI is InChI=1S/C23H30N2O3/c1-3-4-16-28-21-13-10-18(11-14-21)23-24-19(12-15-22(26)27-2)17-25(23)20-8-6-5-7-9-20/h10-15,17,20H,3-9,16H2,1-2H3/b15-12+. The fourth-order valence-electron chi connectivity index (χ4n) is 3.60. The third-order valence-electron chi connectivity index (χ3n) is 5.19. The van der Waals surface area contributed by atoms with Gasteiger partial charge < -0.3 is 14.0 Å². The van der Waals surface area contributed by atoms with Gasteiger partial charge in [-0.2, -0.15) is 0 Å². The molecule has 150 valence electrons. The van der Waals surface area contributed by atoms with E-state index in [1.807, 2.05) is 12.1 Å². The number of unbranched alkanes of at least 4 members (excludes halogenated alkanes) is 1. The second-order valence-electron chi connectivity index (χ2n) is 7.27. The Kier molecular flexibility index (Phi) is 7.29. The predicted octanol–water partition coefficient (Wildman–Crippen LogP) is 5.42. The molecule has 0 aliphatic heterocycles. The van der Waals surface area contributed by atoms with Crippen molar-refractivity contribution in [3.05, 3.63) is 42.2 Å². The van der Waals surface area contributed by atoms with Crippen molar-refractivity contribution < 1.29 is 14.3 Å². The minimum atomic E-state index is -0.373. The molecule has 1 aromatic carbocycles. The smallest absolute Gasteiger partial charge is 0.330 e. The maximum atomic E-state index is 11.4. The number of hydrogen-bond acceptors (Lipinski definition) is 4. The van der Waals surface area contributed by atoms with Gasteiger partial charge in [-0.05, 0) is 49.6 Å². The number of methoxy groups -OCH3 is 1. The lowest BCUT2D eigenvalue weighted by Crippen LogP contribution is -2.13. The Morgan fingerprint density at radius 3 is 2.64 bits per heavy atom. The van der Waals surface area contributed by atoms with Crippen LogP contribution in [-0.2, 0) is 9.53 Å². The highest BCUT2D eigenvalue weighted by Gasteiger charge is 2.20. The van der Waals surface area contributed by atoms with Crippen molar-refractivity contribution in [3.63, 3.8) is 0 Å². The molecule has 5 nitrogen and oxygen atoms in total. The molecule has 1 saturated carbocycles. The second-order valence-corrected chi connectivity index (χ2v) is 7.27. The van der Waals surface area contributed by atoms with E-state index in [1.165, 1.54) is 45.3 Å². The molecule has 0 N–H and O–H groups in total. The van der Waals surface area contributed by atoms with Crippen LogP contribution in [0.3, 0.4) is 0 Å². The van der Waals surface area contributed by atoms with Gasteiger partial charge in [0.05, 0.1) is 19.4 Å². The van der Waals surface area contributed by atoms with Crippen molar-refractivity contribution in [2.24, 2.45) is 0 Å². The van der Waals surface area contributed by atoms with Crippen LogP contribution in [0.25, 0.3) is 17.5 Å². The first-order chi connectivity index (χ1) is 13.7. The lowest BCUT2D eigenvalue weighted by Gasteiger charge is -2.24. The van der Waals surface area contributed by atoms with Gasteiger partial charge in [-0.3, -0.25) is 0 Å². The number of rotatable bonds is 8. The summed E-state index contributed by atoms with van der Waals surface area (Å²) in [6, 6.07) is 8.61. The Hall–Kier alpha value is -2.56. The van der Waals surface area contributed by atoms with Gasteiger partial charge in [-0.1, -0.05) is 32.6 Å². The summed E-state index contributed by atoms with van der Waals surface area (Å²) >= 11 is 0. The molecule has 28 heavy (non-hydrogen) atoms. The minimum Gasteiger partial charge on any atom is -0.494 e. The Morgan fingerprint density at radius 2 is 1.96 bits per heavy atom. The summed E-state index contributed by atoms with van der Waals surface area (Å²) in [7, 11) is 1.38. The van der Waals surface area contributed by atoms with Gasteiger partial charge in [0.1, 0.15) is 11.6 Å². The van der Waals surface area contributed by atoms with Crippen molar-refractivity contribution >= 4 is 12.0 Å². The van der Waals surface area contributed by atoms with Gasteiger partial charge in [0.25, 0.3) is 0 Å². The molecule has 1 aliphatic carbocycles. The highest BCUT2D eigenvalue weighted by molar-refractivity contribution is 5.86. The van der Waals surface area contributed by atoms with Gasteiger partial charge in [-0.25, -0.2) is 9.78 Å². The third-order valence-corrected chi connectivity index (χ3v) is 5.19. The summed E-state index contributed by atoms with van der Waals surface area (Å²) in [5, 5.41) is 0. The van der Waals surface area contributed by atoms with Crippen LogP contribution >= 0.6 is 0 Å². The van der Waals surface area contributed by atoms with Crippen LogP contribution in [-0.4, -0.2) is 29.2 Å². The summed E-state index contributed by atoms with van der Waals surface area (Å²) < 4.78 is 12.7. The van der Waals surface area contributed by atoms with Crippen LogP contribution in [0, 0.1) is 0 Å². The monoisotopic (exact) mass is 382 g/mol. The number of carbonyl (C=O) groups excluding carboxylic acids is 1. The second kappa shape index (κ2) is 10.1. The van der Waals surface area contributed by atoms with Crippen LogP contribution < -0.4 is 4.74 Å². The fraction of sp³-hybridized carbons (Fsp3) is 0.478. The highest BCUT2D eigenvalue weighted by atomic mass is 16.5. The van der Waals surface area contributed by atoms with Gasteiger partial charge in [-0.15, -0.1) is 0 Å². The van der Waals surface area contributed by atoms with Gasteiger partial charge in [0, 0.05) is 23.9 Å². The van der Waals surface area contributed by atoms with Crippen LogP contribution in [0.5, 0.6) is 5.75 Å². The van der Waals surface area contributed by atoms with Crippen LogP contribution in [0.15, 0.2) is 36.5 Å². The summed E-state index contributed by atoms with van der Waals surface area (Å²) in [6.45, 7) is 2.90. The molecule has 0 atom stereocenters. The van der Waals surface area contributed by atoms with Crippen molar-refractivity contribution in [3.8, 4) is 17.1 Å². The number of aromatic nitrogens is 2. The van der Waals surface area contributed by atoms with E-state index in [0.29, 0.717) is 6.04 Å². The number of hydrogen-bond donors (Lipinski definition) is 0. The number of benzene rings is 1. The zero-order valence-electron chi connectivity index (χ0n) is 16.9. The molecule has 2 aromatic rings. The Bertz CT molecular complexity index is 787. The molecule has 3 rings (SSSR count). The lowest BCUT2D eigenvalue weighted by molar-refractivity contribution is -0.134. The normalized spacial score (nSPS) is 15.1. The molecule has 1 aromatic heterocycles. The van der Waals surface area contributed by atoms with E-state index in [0.717, 1.165) is 42.3 Å². The lowest BCUT2D eigenvalue weighted by atomic mass is 9.95. The molecule has 1 heterocycles. The van der Waals surface area contributed by atoms with Crippen molar-refractivity contribution in [2.45, 2.75) is 57.9 Å². The van der Waals surface area contributed by atoms with Gasteiger partial charge in [0.2, 0.25) is 0 Å². The molecule has 1 aliphatic rings. The number of esters is 1. The molecule has 0 bridgehead atoms. The summed E-state index contributed by atoms with van der Waals surface area (Å²) in [6.07, 6.45) is 13.5. The van der Waals surface area contributed by atoms with Crippen molar-refractivity contribution in [2.75, 3.05) is 13.7 Å². The topological polar surface area (TPSA) is 53.4 Å². The summed E-state index contributed by atoms with van der Waals surface area (Å²) in [5.74, 6) is 1.46. The van der Waals surface area contributed by atoms with E-state index < -0.39 is 0 Å². The minimum absolute atomic E-state index is 0.373. The first-order valence-corrected chi connectivity index (χ1v) is 10.3. The molecule has 0 saturated heterocycles. The molecule has 0 radical (unpaired) electrons. The van der Waals surface area contributed by atoms with Crippen molar-refractivity contribution in [1.29, 1.82) is 0 Å².